The van der Waals surface area contributed by atoms with Gasteiger partial charge in [-0.25, -0.2) is 0 Å². The van der Waals surface area contributed by atoms with Crippen molar-refractivity contribution in [1.29, 1.82) is 0 Å². The number of benzene rings is 1. The van der Waals surface area contributed by atoms with Crippen LogP contribution in [0, 0.1) is 0 Å². The Bertz CT molecular complexity index is 663. The molecule has 2 rings (SSSR count). The third-order valence-corrected chi connectivity index (χ3v) is 2.66. The Hall–Kier alpha value is -2.83. The molecule has 4 N–H and O–H groups in total. The molecule has 0 saturated carbocycles. The van der Waals surface area contributed by atoms with E-state index in [1.807, 2.05) is 0 Å². The number of para-hydroxylation sites is 1. The molecule has 1 aromatic carbocycles. The SMILES string of the molecule is Cn1cc(-c2cccc(C(N)=O)c2OCC(N)=O)cn1. The first kappa shape index (κ1) is 13.6. The number of aryl methyl sites for hydroxylation is 1. The Balaban J connectivity index is 2.52. The van der Waals surface area contributed by atoms with Gasteiger partial charge in [-0.1, -0.05) is 12.1 Å². The van der Waals surface area contributed by atoms with Gasteiger partial charge in [-0.2, -0.15) is 5.10 Å². The monoisotopic (exact) mass is 274 g/mol. The smallest absolute Gasteiger partial charge is 0.255 e. The predicted octanol–water partition coefficient (Wildman–Crippen LogP) is 0.0501. The van der Waals surface area contributed by atoms with Crippen molar-refractivity contribution >= 4 is 11.8 Å². The molecule has 0 spiro atoms. The van der Waals surface area contributed by atoms with Gasteiger partial charge in [-0.15, -0.1) is 0 Å². The van der Waals surface area contributed by atoms with Crippen LogP contribution in [0.4, 0.5) is 0 Å². The number of primary amides is 2. The van der Waals surface area contributed by atoms with Gasteiger partial charge >= 0.3 is 0 Å². The minimum Gasteiger partial charge on any atom is -0.482 e. The second-order valence-electron chi connectivity index (χ2n) is 4.20. The number of hydrogen-bond acceptors (Lipinski definition) is 4. The summed E-state index contributed by atoms with van der Waals surface area (Å²) >= 11 is 0. The summed E-state index contributed by atoms with van der Waals surface area (Å²) in [4.78, 5) is 22.3. The number of carbonyl (C=O) groups excluding carboxylic acids is 2. The molecular weight excluding hydrogens is 260 g/mol. The van der Waals surface area contributed by atoms with Crippen molar-refractivity contribution in [3.8, 4) is 16.9 Å². The highest BCUT2D eigenvalue weighted by molar-refractivity contribution is 5.98. The van der Waals surface area contributed by atoms with Gasteiger partial charge in [0.25, 0.3) is 11.8 Å². The van der Waals surface area contributed by atoms with Crippen molar-refractivity contribution in [2.24, 2.45) is 18.5 Å². The van der Waals surface area contributed by atoms with Crippen LogP contribution in [0.1, 0.15) is 10.4 Å². The van der Waals surface area contributed by atoms with Crippen LogP contribution < -0.4 is 16.2 Å². The summed E-state index contributed by atoms with van der Waals surface area (Å²) in [6, 6.07) is 4.96. The van der Waals surface area contributed by atoms with Crippen molar-refractivity contribution in [1.82, 2.24) is 9.78 Å². The van der Waals surface area contributed by atoms with Gasteiger partial charge in [0.05, 0.1) is 11.8 Å². The van der Waals surface area contributed by atoms with Gasteiger partial charge < -0.3 is 16.2 Å². The van der Waals surface area contributed by atoms with E-state index < -0.39 is 11.8 Å². The lowest BCUT2D eigenvalue weighted by Gasteiger charge is -2.12. The van der Waals surface area contributed by atoms with E-state index in [0.717, 1.165) is 5.56 Å². The first-order valence-electron chi connectivity index (χ1n) is 5.82. The van der Waals surface area contributed by atoms with Gasteiger partial charge in [0, 0.05) is 24.4 Å². The number of rotatable bonds is 5. The van der Waals surface area contributed by atoms with Gasteiger partial charge in [-0.05, 0) is 6.07 Å². The second-order valence-corrected chi connectivity index (χ2v) is 4.20. The van der Waals surface area contributed by atoms with E-state index in [0.29, 0.717) is 5.56 Å². The van der Waals surface area contributed by atoms with Crippen LogP contribution in [0.15, 0.2) is 30.6 Å². The van der Waals surface area contributed by atoms with Crippen molar-refractivity contribution in [3.05, 3.63) is 36.2 Å². The molecule has 20 heavy (non-hydrogen) atoms. The topological polar surface area (TPSA) is 113 Å². The highest BCUT2D eigenvalue weighted by atomic mass is 16.5. The number of amides is 2. The summed E-state index contributed by atoms with van der Waals surface area (Å²) in [5.41, 5.74) is 11.9. The molecule has 7 heteroatoms. The average Bonchev–Trinajstić information content (AvgIpc) is 2.82. The van der Waals surface area contributed by atoms with Gasteiger partial charge in [0.15, 0.2) is 6.61 Å². The maximum Gasteiger partial charge on any atom is 0.255 e. The number of carbonyl (C=O) groups is 2. The fourth-order valence-electron chi connectivity index (χ4n) is 1.82. The van der Waals surface area contributed by atoms with Crippen molar-refractivity contribution in [3.63, 3.8) is 0 Å². The molecule has 0 aliphatic carbocycles. The van der Waals surface area contributed by atoms with Crippen LogP contribution in [-0.4, -0.2) is 28.2 Å². The summed E-state index contributed by atoms with van der Waals surface area (Å²) < 4.78 is 6.96. The zero-order valence-electron chi connectivity index (χ0n) is 10.9. The third-order valence-electron chi connectivity index (χ3n) is 2.66. The number of ether oxygens (including phenoxy) is 1. The fraction of sp³-hybridized carbons (Fsp3) is 0.154. The lowest BCUT2D eigenvalue weighted by atomic mass is 10.0. The lowest BCUT2D eigenvalue weighted by molar-refractivity contribution is -0.119. The quantitative estimate of drug-likeness (QED) is 0.801. The van der Waals surface area contributed by atoms with Gasteiger partial charge in [-0.3, -0.25) is 14.3 Å². The Morgan fingerprint density at radius 2 is 2.10 bits per heavy atom. The molecule has 1 aromatic heterocycles. The van der Waals surface area contributed by atoms with Gasteiger partial charge in [0.2, 0.25) is 0 Å². The molecule has 0 aliphatic rings. The van der Waals surface area contributed by atoms with E-state index in [1.54, 1.807) is 36.3 Å². The molecule has 0 radical (unpaired) electrons. The number of nitrogens with zero attached hydrogens (tertiary/aromatic N) is 2. The molecule has 7 nitrogen and oxygen atoms in total. The Morgan fingerprint density at radius 1 is 1.35 bits per heavy atom. The number of aromatic nitrogens is 2. The van der Waals surface area contributed by atoms with E-state index in [1.165, 1.54) is 6.07 Å². The highest BCUT2D eigenvalue weighted by Crippen LogP contribution is 2.32. The van der Waals surface area contributed by atoms with E-state index >= 15 is 0 Å². The maximum atomic E-state index is 11.5. The molecule has 104 valence electrons. The minimum absolute atomic E-state index is 0.188. The Morgan fingerprint density at radius 3 is 2.65 bits per heavy atom. The van der Waals surface area contributed by atoms with Crippen molar-refractivity contribution < 1.29 is 14.3 Å². The average molecular weight is 274 g/mol. The Labute approximate surface area is 115 Å². The first-order chi connectivity index (χ1) is 9.49. The molecule has 1 heterocycles. The third kappa shape index (κ3) is 2.77. The fourth-order valence-corrected chi connectivity index (χ4v) is 1.82. The summed E-state index contributed by atoms with van der Waals surface area (Å²) in [5.74, 6) is -1.05. The minimum atomic E-state index is -0.643. The number of nitrogens with two attached hydrogens (primary N) is 2. The van der Waals surface area contributed by atoms with Crippen LogP contribution in [0.5, 0.6) is 5.75 Å². The molecule has 0 saturated heterocycles. The maximum absolute atomic E-state index is 11.5. The predicted molar refractivity (Wildman–Crippen MR) is 71.9 cm³/mol. The summed E-state index contributed by atoms with van der Waals surface area (Å²) in [6.45, 7) is -0.336. The zero-order chi connectivity index (χ0) is 14.7. The lowest BCUT2D eigenvalue weighted by Crippen LogP contribution is -2.22. The van der Waals surface area contributed by atoms with Crippen molar-refractivity contribution in [2.45, 2.75) is 0 Å². The van der Waals surface area contributed by atoms with Crippen LogP contribution in [0.25, 0.3) is 11.1 Å². The number of hydrogen-bond donors (Lipinski definition) is 2. The second kappa shape index (κ2) is 5.43. The normalized spacial score (nSPS) is 10.2. The van der Waals surface area contributed by atoms with Crippen molar-refractivity contribution in [2.75, 3.05) is 6.61 Å². The van der Waals surface area contributed by atoms with Gasteiger partial charge in [0.1, 0.15) is 5.75 Å². The molecule has 0 bridgehead atoms. The molecule has 2 amide bonds. The molecule has 0 atom stereocenters. The highest BCUT2D eigenvalue weighted by Gasteiger charge is 2.17. The molecule has 0 unspecified atom stereocenters. The van der Waals surface area contributed by atoms with Crippen LogP contribution >= 0.6 is 0 Å². The first-order valence-corrected chi connectivity index (χ1v) is 5.82. The summed E-state index contributed by atoms with van der Waals surface area (Å²) in [6.07, 6.45) is 3.38. The standard InChI is InChI=1S/C13H14N4O3/c1-17-6-8(5-16-17)9-3-2-4-10(13(15)19)12(9)20-7-11(14)18/h2-6H,7H2,1H3,(H2,14,18)(H2,15,19). The molecule has 0 fully saturated rings. The van der Waals surface area contributed by atoms with E-state index in [9.17, 15) is 9.59 Å². The largest absolute Gasteiger partial charge is 0.482 e. The van der Waals surface area contributed by atoms with Crippen LogP contribution in [0.2, 0.25) is 0 Å². The van der Waals surface area contributed by atoms with E-state index in [2.05, 4.69) is 5.10 Å². The zero-order valence-corrected chi connectivity index (χ0v) is 10.9. The van der Waals surface area contributed by atoms with E-state index in [-0.39, 0.29) is 17.9 Å². The van der Waals surface area contributed by atoms with Crippen LogP contribution in [0.3, 0.4) is 0 Å². The summed E-state index contributed by atoms with van der Waals surface area (Å²) in [5, 5.41) is 4.06. The molecule has 2 aromatic rings. The van der Waals surface area contributed by atoms with Crippen LogP contribution in [-0.2, 0) is 11.8 Å². The molecule has 0 aliphatic heterocycles. The van der Waals surface area contributed by atoms with E-state index in [4.69, 9.17) is 16.2 Å². The molecular formula is C13H14N4O3. The summed E-state index contributed by atoms with van der Waals surface area (Å²) in [7, 11) is 1.77. The Kier molecular flexibility index (Phi) is 3.69.